The number of carbonyl (C=O) groups excluding carboxylic acids is 1. The van der Waals surface area contributed by atoms with Gasteiger partial charge in [-0.1, -0.05) is 13.0 Å². The van der Waals surface area contributed by atoms with Crippen LogP contribution in [0.5, 0.6) is 0 Å². The van der Waals surface area contributed by atoms with Crippen LogP contribution in [0.15, 0.2) is 18.2 Å². The van der Waals surface area contributed by atoms with Gasteiger partial charge in [0.15, 0.2) is 0 Å². The molecule has 2 N–H and O–H groups in total. The predicted molar refractivity (Wildman–Crippen MR) is 73.9 cm³/mol. The molecule has 0 aromatic heterocycles. The third-order valence-corrected chi connectivity index (χ3v) is 3.09. The van der Waals surface area contributed by atoms with Crippen molar-refractivity contribution in [1.82, 2.24) is 9.80 Å². The van der Waals surface area contributed by atoms with Gasteiger partial charge in [-0.3, -0.25) is 9.69 Å². The van der Waals surface area contributed by atoms with Crippen LogP contribution in [0.2, 0.25) is 0 Å². The van der Waals surface area contributed by atoms with E-state index in [0.717, 1.165) is 17.7 Å². The van der Waals surface area contributed by atoms with Crippen LogP contribution < -0.4 is 5.73 Å². The lowest BCUT2D eigenvalue weighted by Crippen LogP contribution is -2.36. The van der Waals surface area contributed by atoms with E-state index in [9.17, 15) is 9.18 Å². The molecule has 0 aliphatic rings. The Labute approximate surface area is 114 Å². The summed E-state index contributed by atoms with van der Waals surface area (Å²) in [4.78, 5) is 15.2. The molecule has 0 fully saturated rings. The lowest BCUT2D eigenvalue weighted by molar-refractivity contribution is -0.130. The van der Waals surface area contributed by atoms with Gasteiger partial charge < -0.3 is 10.6 Å². The van der Waals surface area contributed by atoms with Crippen molar-refractivity contribution in [2.75, 3.05) is 27.2 Å². The Kier molecular flexibility index (Phi) is 5.92. The molecule has 0 saturated heterocycles. The maximum absolute atomic E-state index is 13.3. The van der Waals surface area contributed by atoms with Crippen molar-refractivity contribution in [2.45, 2.75) is 20.0 Å². The fraction of sp³-hybridized carbons (Fsp3) is 0.500. The van der Waals surface area contributed by atoms with Crippen molar-refractivity contribution < 1.29 is 9.18 Å². The van der Waals surface area contributed by atoms with E-state index in [4.69, 9.17) is 5.73 Å². The zero-order valence-corrected chi connectivity index (χ0v) is 11.8. The van der Waals surface area contributed by atoms with Crippen LogP contribution >= 0.6 is 0 Å². The maximum atomic E-state index is 13.3. The van der Waals surface area contributed by atoms with Gasteiger partial charge in [-0.05, 0) is 29.8 Å². The van der Waals surface area contributed by atoms with E-state index in [1.807, 2.05) is 11.8 Å². The molecule has 0 spiro atoms. The van der Waals surface area contributed by atoms with E-state index >= 15 is 0 Å². The number of amides is 1. The van der Waals surface area contributed by atoms with Gasteiger partial charge in [-0.2, -0.15) is 0 Å². The van der Waals surface area contributed by atoms with Crippen LogP contribution in [0.1, 0.15) is 18.1 Å². The van der Waals surface area contributed by atoms with Crippen LogP contribution in [0.25, 0.3) is 0 Å². The summed E-state index contributed by atoms with van der Waals surface area (Å²) < 4.78 is 13.3. The van der Waals surface area contributed by atoms with Gasteiger partial charge in [-0.15, -0.1) is 0 Å². The van der Waals surface area contributed by atoms with Gasteiger partial charge in [0, 0.05) is 27.2 Å². The van der Waals surface area contributed by atoms with E-state index in [2.05, 4.69) is 0 Å². The maximum Gasteiger partial charge on any atom is 0.236 e. The molecular formula is C14H22FN3O. The molecule has 0 bridgehead atoms. The van der Waals surface area contributed by atoms with Crippen molar-refractivity contribution in [3.8, 4) is 0 Å². The van der Waals surface area contributed by atoms with E-state index in [1.54, 1.807) is 25.1 Å². The molecule has 5 heteroatoms. The molecule has 0 aliphatic carbocycles. The third-order valence-electron chi connectivity index (χ3n) is 3.09. The summed E-state index contributed by atoms with van der Waals surface area (Å²) in [7, 11) is 3.45. The lowest BCUT2D eigenvalue weighted by Gasteiger charge is -2.23. The molecule has 0 radical (unpaired) electrons. The van der Waals surface area contributed by atoms with Crippen LogP contribution in [0, 0.1) is 5.82 Å². The molecular weight excluding hydrogens is 245 g/mol. The highest BCUT2D eigenvalue weighted by molar-refractivity contribution is 5.77. The second-order valence-corrected chi connectivity index (χ2v) is 4.71. The summed E-state index contributed by atoms with van der Waals surface area (Å²) in [5.74, 6) is -0.241. The second-order valence-electron chi connectivity index (χ2n) is 4.71. The Morgan fingerprint density at radius 3 is 2.53 bits per heavy atom. The normalized spacial score (nSPS) is 10.8. The Balaban J connectivity index is 2.80. The molecule has 0 atom stereocenters. The Morgan fingerprint density at radius 2 is 2.00 bits per heavy atom. The molecule has 0 unspecified atom stereocenters. The number of nitrogens with two attached hydrogens (primary N) is 1. The lowest BCUT2D eigenvalue weighted by atomic mass is 10.1. The Morgan fingerprint density at radius 1 is 1.32 bits per heavy atom. The minimum Gasteiger partial charge on any atom is -0.348 e. The fourth-order valence-corrected chi connectivity index (χ4v) is 1.79. The first-order chi connectivity index (χ1) is 8.97. The molecule has 1 amide bonds. The Bertz CT molecular complexity index is 435. The van der Waals surface area contributed by atoms with Gasteiger partial charge in [0.2, 0.25) is 5.91 Å². The second kappa shape index (κ2) is 7.21. The van der Waals surface area contributed by atoms with Gasteiger partial charge in [-0.25, -0.2) is 4.39 Å². The summed E-state index contributed by atoms with van der Waals surface area (Å²) in [6.07, 6.45) is 0. The highest BCUT2D eigenvalue weighted by atomic mass is 19.1. The van der Waals surface area contributed by atoms with Crippen LogP contribution in [0.3, 0.4) is 0 Å². The first-order valence-corrected chi connectivity index (χ1v) is 6.37. The molecule has 4 nitrogen and oxygen atoms in total. The van der Waals surface area contributed by atoms with Gasteiger partial charge in [0.1, 0.15) is 5.82 Å². The number of benzene rings is 1. The third kappa shape index (κ3) is 4.61. The van der Waals surface area contributed by atoms with Crippen molar-refractivity contribution in [3.05, 3.63) is 35.1 Å². The summed E-state index contributed by atoms with van der Waals surface area (Å²) >= 11 is 0. The predicted octanol–water partition coefficient (Wildman–Crippen LogP) is 1.19. The summed E-state index contributed by atoms with van der Waals surface area (Å²) in [5.41, 5.74) is 7.41. The van der Waals surface area contributed by atoms with Crippen molar-refractivity contribution >= 4 is 5.91 Å². The summed E-state index contributed by atoms with van der Waals surface area (Å²) in [6, 6.07) is 4.60. The number of hydrogen-bond donors (Lipinski definition) is 1. The molecule has 0 saturated carbocycles. The number of carbonyl (C=O) groups is 1. The SMILES string of the molecule is CCN(CC(=O)N(C)C)Cc1cc(F)ccc1CN. The molecule has 1 rings (SSSR count). The monoisotopic (exact) mass is 267 g/mol. The van der Waals surface area contributed by atoms with Crippen LogP contribution in [-0.4, -0.2) is 42.9 Å². The fourth-order valence-electron chi connectivity index (χ4n) is 1.79. The molecule has 0 aliphatic heterocycles. The van der Waals surface area contributed by atoms with E-state index < -0.39 is 0 Å². The first kappa shape index (κ1) is 15.6. The van der Waals surface area contributed by atoms with Gasteiger partial charge in [0.05, 0.1) is 6.54 Å². The summed E-state index contributed by atoms with van der Waals surface area (Å²) in [6.45, 7) is 3.92. The molecule has 1 aromatic carbocycles. The minimum absolute atomic E-state index is 0.0348. The van der Waals surface area contributed by atoms with Crippen LogP contribution in [-0.2, 0) is 17.9 Å². The molecule has 1 aromatic rings. The quantitative estimate of drug-likeness (QED) is 0.842. The number of hydrogen-bond acceptors (Lipinski definition) is 3. The molecule has 0 heterocycles. The van der Waals surface area contributed by atoms with E-state index in [1.165, 1.54) is 12.1 Å². The number of halogens is 1. The van der Waals surface area contributed by atoms with Crippen molar-refractivity contribution in [2.24, 2.45) is 5.73 Å². The number of likely N-dealkylation sites (N-methyl/N-ethyl adjacent to an activating group) is 2. The first-order valence-electron chi connectivity index (χ1n) is 6.37. The number of rotatable bonds is 6. The highest BCUT2D eigenvalue weighted by Gasteiger charge is 2.13. The van der Waals surface area contributed by atoms with E-state index in [-0.39, 0.29) is 11.7 Å². The van der Waals surface area contributed by atoms with Crippen molar-refractivity contribution in [3.63, 3.8) is 0 Å². The average molecular weight is 267 g/mol. The van der Waals surface area contributed by atoms with Crippen LogP contribution in [0.4, 0.5) is 4.39 Å². The van der Waals surface area contributed by atoms with Gasteiger partial charge >= 0.3 is 0 Å². The largest absolute Gasteiger partial charge is 0.348 e. The molecule has 106 valence electrons. The van der Waals surface area contributed by atoms with Gasteiger partial charge in [0.25, 0.3) is 0 Å². The smallest absolute Gasteiger partial charge is 0.236 e. The highest BCUT2D eigenvalue weighted by Crippen LogP contribution is 2.13. The number of nitrogens with zero attached hydrogens (tertiary/aromatic N) is 2. The zero-order chi connectivity index (χ0) is 14.4. The Hall–Kier alpha value is -1.46. The zero-order valence-electron chi connectivity index (χ0n) is 11.8. The topological polar surface area (TPSA) is 49.6 Å². The molecule has 19 heavy (non-hydrogen) atoms. The minimum atomic E-state index is -0.276. The standard InChI is InChI=1S/C14H22FN3O/c1-4-18(10-14(19)17(2)3)9-12-7-13(15)6-5-11(12)8-16/h5-7H,4,8-10,16H2,1-3H3. The summed E-state index contributed by atoms with van der Waals surface area (Å²) in [5, 5.41) is 0. The van der Waals surface area contributed by atoms with Crippen molar-refractivity contribution in [1.29, 1.82) is 0 Å². The average Bonchev–Trinajstić information content (AvgIpc) is 2.37. The van der Waals surface area contributed by atoms with E-state index in [0.29, 0.717) is 19.6 Å².